The summed E-state index contributed by atoms with van der Waals surface area (Å²) in [6.45, 7) is 2.06. The van der Waals surface area contributed by atoms with E-state index >= 15 is 0 Å². The van der Waals surface area contributed by atoms with Crippen LogP contribution in [0.5, 0.6) is 0 Å². The van der Waals surface area contributed by atoms with E-state index in [-0.39, 0.29) is 0 Å². The van der Waals surface area contributed by atoms with Crippen LogP contribution < -0.4 is 5.32 Å². The molecule has 2 aromatic rings. The van der Waals surface area contributed by atoms with Crippen LogP contribution in [-0.4, -0.2) is 11.6 Å². The van der Waals surface area contributed by atoms with Crippen LogP contribution in [0.25, 0.3) is 0 Å². The minimum Gasteiger partial charge on any atom is -0.350 e. The molecule has 0 fully saturated rings. The molecule has 0 saturated heterocycles. The molecule has 100 valence electrons. The lowest BCUT2D eigenvalue weighted by Gasteiger charge is -2.26. The van der Waals surface area contributed by atoms with Gasteiger partial charge >= 0.3 is 0 Å². The molecule has 0 saturated carbocycles. The molecule has 0 radical (unpaired) electrons. The summed E-state index contributed by atoms with van der Waals surface area (Å²) in [5.74, 6) is 0.674. The van der Waals surface area contributed by atoms with Crippen molar-refractivity contribution in [2.24, 2.45) is 0 Å². The molecular weight excluding hydrogens is 232 g/mol. The van der Waals surface area contributed by atoms with E-state index in [2.05, 4.69) is 52.5 Å². The topological polar surface area (TPSA) is 17.0 Å². The van der Waals surface area contributed by atoms with Crippen LogP contribution in [0.2, 0.25) is 0 Å². The number of rotatable bonds is 4. The zero-order chi connectivity index (χ0) is 13.1. The number of aromatic nitrogens is 1. The van der Waals surface area contributed by atoms with Crippen LogP contribution in [0, 0.1) is 0 Å². The molecule has 19 heavy (non-hydrogen) atoms. The zero-order valence-electron chi connectivity index (χ0n) is 11.6. The molecule has 1 atom stereocenters. The van der Waals surface area contributed by atoms with Crippen LogP contribution >= 0.6 is 0 Å². The Morgan fingerprint density at radius 3 is 3.00 bits per heavy atom. The van der Waals surface area contributed by atoms with Crippen molar-refractivity contribution in [3.8, 4) is 0 Å². The van der Waals surface area contributed by atoms with Crippen molar-refractivity contribution in [3.05, 3.63) is 59.4 Å². The van der Waals surface area contributed by atoms with E-state index in [1.165, 1.54) is 25.0 Å². The van der Waals surface area contributed by atoms with Gasteiger partial charge in [0.15, 0.2) is 0 Å². The summed E-state index contributed by atoms with van der Waals surface area (Å²) in [7, 11) is 2.01. The fourth-order valence-corrected chi connectivity index (χ4v) is 3.25. The van der Waals surface area contributed by atoms with Crippen molar-refractivity contribution in [1.82, 2.24) is 9.88 Å². The van der Waals surface area contributed by atoms with E-state index in [1.54, 1.807) is 11.1 Å². The van der Waals surface area contributed by atoms with E-state index in [4.69, 9.17) is 0 Å². The zero-order valence-corrected chi connectivity index (χ0v) is 11.6. The molecular formula is C17H22N2. The molecule has 1 unspecified atom stereocenters. The minimum absolute atomic E-state index is 0.674. The maximum atomic E-state index is 3.25. The fraction of sp³-hybridized carbons (Fsp3) is 0.412. The Kier molecular flexibility index (Phi) is 3.69. The van der Waals surface area contributed by atoms with Crippen molar-refractivity contribution in [2.45, 2.75) is 38.3 Å². The van der Waals surface area contributed by atoms with Gasteiger partial charge in [-0.3, -0.25) is 0 Å². The Morgan fingerprint density at radius 1 is 1.21 bits per heavy atom. The highest BCUT2D eigenvalue weighted by Crippen LogP contribution is 2.32. The third-order valence-corrected chi connectivity index (χ3v) is 4.19. The Balaban J connectivity index is 1.82. The van der Waals surface area contributed by atoms with E-state index in [9.17, 15) is 0 Å². The van der Waals surface area contributed by atoms with Gasteiger partial charge in [0, 0.05) is 30.9 Å². The molecule has 0 aliphatic heterocycles. The fourth-order valence-electron chi connectivity index (χ4n) is 3.25. The second kappa shape index (κ2) is 5.62. The lowest BCUT2D eigenvalue weighted by atomic mass is 9.83. The number of hydrogen-bond donors (Lipinski definition) is 1. The molecule has 1 heterocycles. The first-order valence-corrected chi connectivity index (χ1v) is 7.25. The molecule has 1 aliphatic rings. The average Bonchev–Trinajstić information content (AvgIpc) is 2.87. The molecule has 1 aromatic heterocycles. The van der Waals surface area contributed by atoms with Crippen molar-refractivity contribution < 1.29 is 0 Å². The van der Waals surface area contributed by atoms with E-state index in [0.29, 0.717) is 5.92 Å². The number of benzene rings is 1. The molecule has 0 amide bonds. The monoisotopic (exact) mass is 254 g/mol. The first-order chi connectivity index (χ1) is 9.38. The van der Waals surface area contributed by atoms with Gasteiger partial charge in [-0.15, -0.1) is 0 Å². The third-order valence-electron chi connectivity index (χ3n) is 4.19. The van der Waals surface area contributed by atoms with Crippen LogP contribution in [0.3, 0.4) is 0 Å². The lowest BCUT2D eigenvalue weighted by molar-refractivity contribution is 0.473. The molecule has 0 bridgehead atoms. The number of fused-ring (bicyclic) bond motifs is 1. The summed E-state index contributed by atoms with van der Waals surface area (Å²) >= 11 is 0. The van der Waals surface area contributed by atoms with Gasteiger partial charge in [-0.05, 0) is 49.6 Å². The highest BCUT2D eigenvalue weighted by molar-refractivity contribution is 5.32. The largest absolute Gasteiger partial charge is 0.350 e. The van der Waals surface area contributed by atoms with Crippen molar-refractivity contribution >= 4 is 0 Å². The SMILES string of the molecule is CNCc1cccn1CC1CCCc2ccccc21. The van der Waals surface area contributed by atoms with Crippen molar-refractivity contribution in [1.29, 1.82) is 0 Å². The van der Waals surface area contributed by atoms with Gasteiger partial charge in [0.05, 0.1) is 0 Å². The number of nitrogens with one attached hydrogen (secondary N) is 1. The Morgan fingerprint density at radius 2 is 2.11 bits per heavy atom. The van der Waals surface area contributed by atoms with Gasteiger partial charge in [0.2, 0.25) is 0 Å². The number of aryl methyl sites for hydroxylation is 1. The van der Waals surface area contributed by atoms with Gasteiger partial charge in [-0.1, -0.05) is 24.3 Å². The first-order valence-electron chi connectivity index (χ1n) is 7.25. The summed E-state index contributed by atoms with van der Waals surface area (Å²) in [6.07, 6.45) is 6.10. The smallest absolute Gasteiger partial charge is 0.0356 e. The van der Waals surface area contributed by atoms with Gasteiger partial charge in [-0.2, -0.15) is 0 Å². The van der Waals surface area contributed by atoms with Gasteiger partial charge in [0.25, 0.3) is 0 Å². The molecule has 1 aromatic carbocycles. The maximum Gasteiger partial charge on any atom is 0.0356 e. The predicted molar refractivity (Wildman–Crippen MR) is 79.3 cm³/mol. The predicted octanol–water partition coefficient (Wildman–Crippen LogP) is 3.33. The summed E-state index contributed by atoms with van der Waals surface area (Å²) in [6, 6.07) is 13.3. The maximum absolute atomic E-state index is 3.25. The quantitative estimate of drug-likeness (QED) is 0.885. The van der Waals surface area contributed by atoms with E-state index in [0.717, 1.165) is 13.1 Å². The van der Waals surface area contributed by atoms with Gasteiger partial charge < -0.3 is 9.88 Å². The van der Waals surface area contributed by atoms with Crippen molar-refractivity contribution in [2.75, 3.05) is 7.05 Å². The Labute approximate surface area is 115 Å². The summed E-state index contributed by atoms with van der Waals surface area (Å²) in [4.78, 5) is 0. The highest BCUT2D eigenvalue weighted by atomic mass is 15.0. The van der Waals surface area contributed by atoms with E-state index in [1.807, 2.05) is 7.05 Å². The lowest BCUT2D eigenvalue weighted by Crippen LogP contribution is -2.18. The second-order valence-electron chi connectivity index (χ2n) is 5.47. The number of nitrogens with zero attached hydrogens (tertiary/aromatic N) is 1. The van der Waals surface area contributed by atoms with E-state index < -0.39 is 0 Å². The molecule has 3 rings (SSSR count). The van der Waals surface area contributed by atoms with Crippen molar-refractivity contribution in [3.63, 3.8) is 0 Å². The molecule has 1 N–H and O–H groups in total. The number of hydrogen-bond acceptors (Lipinski definition) is 1. The minimum atomic E-state index is 0.674. The van der Waals surface area contributed by atoms with Crippen LogP contribution in [0.15, 0.2) is 42.6 Å². The molecule has 2 heteroatoms. The summed E-state index contributed by atoms with van der Waals surface area (Å²) in [5.41, 5.74) is 4.50. The Hall–Kier alpha value is -1.54. The van der Waals surface area contributed by atoms with Gasteiger partial charge in [-0.25, -0.2) is 0 Å². The Bertz CT molecular complexity index is 542. The average molecular weight is 254 g/mol. The molecule has 1 aliphatic carbocycles. The van der Waals surface area contributed by atoms with Crippen LogP contribution in [0.1, 0.15) is 35.6 Å². The van der Waals surface area contributed by atoms with Gasteiger partial charge in [0.1, 0.15) is 0 Å². The normalized spacial score (nSPS) is 18.3. The van der Waals surface area contributed by atoms with Crippen LogP contribution in [-0.2, 0) is 19.5 Å². The third kappa shape index (κ3) is 2.59. The van der Waals surface area contributed by atoms with Crippen LogP contribution in [0.4, 0.5) is 0 Å². The first kappa shape index (κ1) is 12.5. The molecule has 0 spiro atoms. The highest BCUT2D eigenvalue weighted by Gasteiger charge is 2.20. The summed E-state index contributed by atoms with van der Waals surface area (Å²) in [5, 5.41) is 3.25. The second-order valence-corrected chi connectivity index (χ2v) is 5.47. The standard InChI is InChI=1S/C17H22N2/c1-18-12-16-9-5-11-19(16)13-15-8-4-7-14-6-2-3-10-17(14)15/h2-3,5-6,9-11,15,18H,4,7-8,12-13H2,1H3. The summed E-state index contributed by atoms with van der Waals surface area (Å²) < 4.78 is 2.41. The molecule has 2 nitrogen and oxygen atoms in total.